The standard InChI is InChI=1S/C21H24ClN3O3/c22-17-7-2-1-6-16(17)18-14-23-19(28-18)8-9-20(26)24-10-12-25(13-11-24)21(27)15-4-3-5-15/h1-2,6-7,14-15H,3-5,8-13H2. The lowest BCUT2D eigenvalue weighted by Crippen LogP contribution is -2.52. The number of carbonyl (C=O) groups excluding carboxylic acids is 2. The Kier molecular flexibility index (Phi) is 5.67. The van der Waals surface area contributed by atoms with Gasteiger partial charge >= 0.3 is 0 Å². The van der Waals surface area contributed by atoms with E-state index in [1.165, 1.54) is 0 Å². The van der Waals surface area contributed by atoms with Gasteiger partial charge in [-0.2, -0.15) is 0 Å². The first-order valence-corrected chi connectivity index (χ1v) is 10.3. The third-order valence-corrected chi connectivity index (χ3v) is 5.97. The Balaban J connectivity index is 1.26. The third kappa shape index (κ3) is 4.07. The van der Waals surface area contributed by atoms with E-state index < -0.39 is 0 Å². The zero-order valence-electron chi connectivity index (χ0n) is 15.8. The molecule has 0 N–H and O–H groups in total. The molecule has 2 amide bonds. The van der Waals surface area contributed by atoms with Crippen LogP contribution in [0.5, 0.6) is 0 Å². The number of benzene rings is 1. The van der Waals surface area contributed by atoms with Crippen LogP contribution in [0.4, 0.5) is 0 Å². The van der Waals surface area contributed by atoms with Crippen molar-refractivity contribution in [2.24, 2.45) is 5.92 Å². The van der Waals surface area contributed by atoms with Gasteiger partial charge in [0.15, 0.2) is 11.7 Å². The van der Waals surface area contributed by atoms with Gasteiger partial charge in [-0.05, 0) is 25.0 Å². The van der Waals surface area contributed by atoms with E-state index in [2.05, 4.69) is 4.98 Å². The normalized spacial score (nSPS) is 17.5. The molecule has 0 unspecified atom stereocenters. The monoisotopic (exact) mass is 401 g/mol. The number of hydrogen-bond donors (Lipinski definition) is 0. The van der Waals surface area contributed by atoms with Crippen molar-refractivity contribution in [3.05, 3.63) is 41.4 Å². The summed E-state index contributed by atoms with van der Waals surface area (Å²) < 4.78 is 5.76. The highest BCUT2D eigenvalue weighted by Gasteiger charge is 2.31. The van der Waals surface area contributed by atoms with Crippen LogP contribution < -0.4 is 0 Å². The number of oxazole rings is 1. The predicted molar refractivity (Wildman–Crippen MR) is 106 cm³/mol. The van der Waals surface area contributed by atoms with E-state index in [-0.39, 0.29) is 17.7 Å². The molecule has 1 saturated heterocycles. The molecule has 1 aliphatic carbocycles. The number of amides is 2. The maximum atomic E-state index is 12.5. The molecule has 2 fully saturated rings. The topological polar surface area (TPSA) is 66.7 Å². The highest BCUT2D eigenvalue weighted by Crippen LogP contribution is 2.29. The van der Waals surface area contributed by atoms with E-state index in [1.807, 2.05) is 28.0 Å². The van der Waals surface area contributed by atoms with Gasteiger partial charge in [-0.3, -0.25) is 9.59 Å². The first-order valence-electron chi connectivity index (χ1n) is 9.88. The summed E-state index contributed by atoms with van der Waals surface area (Å²) in [5, 5.41) is 0.607. The number of hydrogen-bond acceptors (Lipinski definition) is 4. The molecule has 7 heteroatoms. The van der Waals surface area contributed by atoms with Gasteiger partial charge in [0, 0.05) is 50.5 Å². The number of aryl methyl sites for hydroxylation is 1. The van der Waals surface area contributed by atoms with E-state index in [0.29, 0.717) is 55.7 Å². The molecule has 0 bridgehead atoms. The summed E-state index contributed by atoms with van der Waals surface area (Å²) >= 11 is 6.19. The number of nitrogens with zero attached hydrogens (tertiary/aromatic N) is 3. The fourth-order valence-electron chi connectivity index (χ4n) is 3.67. The Morgan fingerprint density at radius 3 is 2.50 bits per heavy atom. The molecule has 2 aromatic rings. The van der Waals surface area contributed by atoms with Crippen LogP contribution >= 0.6 is 11.6 Å². The van der Waals surface area contributed by atoms with Gasteiger partial charge in [0.2, 0.25) is 11.8 Å². The van der Waals surface area contributed by atoms with Crippen LogP contribution in [-0.2, 0) is 16.0 Å². The summed E-state index contributed by atoms with van der Waals surface area (Å²) in [5.41, 5.74) is 0.793. The number of rotatable bonds is 5. The quantitative estimate of drug-likeness (QED) is 0.770. The summed E-state index contributed by atoms with van der Waals surface area (Å²) in [7, 11) is 0. The molecule has 1 aliphatic heterocycles. The molecule has 1 aromatic heterocycles. The number of halogens is 1. The molecule has 2 heterocycles. The lowest BCUT2D eigenvalue weighted by molar-refractivity contribution is -0.144. The molecule has 4 rings (SSSR count). The molecule has 148 valence electrons. The molecule has 6 nitrogen and oxygen atoms in total. The van der Waals surface area contributed by atoms with Crippen LogP contribution in [0.3, 0.4) is 0 Å². The van der Waals surface area contributed by atoms with E-state index >= 15 is 0 Å². The Labute approximate surface area is 169 Å². The molecular formula is C21H24ClN3O3. The van der Waals surface area contributed by atoms with Crippen molar-refractivity contribution in [3.8, 4) is 11.3 Å². The second-order valence-corrected chi connectivity index (χ2v) is 7.84. The SMILES string of the molecule is O=C(CCc1ncc(-c2ccccc2Cl)o1)N1CCN(C(=O)C2CCC2)CC1. The lowest BCUT2D eigenvalue weighted by Gasteiger charge is -2.38. The molecule has 0 spiro atoms. The summed E-state index contributed by atoms with van der Waals surface area (Å²) in [6.45, 7) is 2.48. The van der Waals surface area contributed by atoms with E-state index in [1.54, 1.807) is 12.3 Å². The fourth-order valence-corrected chi connectivity index (χ4v) is 3.90. The van der Waals surface area contributed by atoms with Crippen LogP contribution in [0, 0.1) is 5.92 Å². The Morgan fingerprint density at radius 1 is 1.11 bits per heavy atom. The summed E-state index contributed by atoms with van der Waals surface area (Å²) in [6, 6.07) is 7.43. The van der Waals surface area contributed by atoms with Crippen LogP contribution in [0.2, 0.25) is 5.02 Å². The minimum absolute atomic E-state index is 0.0771. The smallest absolute Gasteiger partial charge is 0.225 e. The predicted octanol–water partition coefficient (Wildman–Crippen LogP) is 3.40. The van der Waals surface area contributed by atoms with Crippen molar-refractivity contribution in [2.75, 3.05) is 26.2 Å². The van der Waals surface area contributed by atoms with Gasteiger partial charge in [-0.15, -0.1) is 0 Å². The highest BCUT2D eigenvalue weighted by molar-refractivity contribution is 6.33. The fraction of sp³-hybridized carbons (Fsp3) is 0.476. The van der Waals surface area contributed by atoms with Gasteiger partial charge < -0.3 is 14.2 Å². The van der Waals surface area contributed by atoms with Crippen LogP contribution in [-0.4, -0.2) is 52.8 Å². The van der Waals surface area contributed by atoms with Crippen molar-refractivity contribution in [3.63, 3.8) is 0 Å². The first kappa shape index (κ1) is 19.0. The Morgan fingerprint density at radius 2 is 1.82 bits per heavy atom. The Bertz CT molecular complexity index is 854. The van der Waals surface area contributed by atoms with Crippen LogP contribution in [0.25, 0.3) is 11.3 Å². The highest BCUT2D eigenvalue weighted by atomic mass is 35.5. The van der Waals surface area contributed by atoms with Crippen molar-refractivity contribution >= 4 is 23.4 Å². The van der Waals surface area contributed by atoms with E-state index in [4.69, 9.17) is 16.0 Å². The van der Waals surface area contributed by atoms with Crippen molar-refractivity contribution in [1.29, 1.82) is 0 Å². The van der Waals surface area contributed by atoms with Crippen LogP contribution in [0.15, 0.2) is 34.9 Å². The van der Waals surface area contributed by atoms with Gasteiger partial charge in [0.1, 0.15) is 0 Å². The lowest BCUT2D eigenvalue weighted by atomic mass is 9.84. The Hall–Kier alpha value is -2.34. The van der Waals surface area contributed by atoms with Gasteiger partial charge in [-0.1, -0.05) is 30.2 Å². The molecular weight excluding hydrogens is 378 g/mol. The van der Waals surface area contributed by atoms with Crippen molar-refractivity contribution < 1.29 is 14.0 Å². The van der Waals surface area contributed by atoms with Crippen LogP contribution in [0.1, 0.15) is 31.6 Å². The molecule has 0 radical (unpaired) electrons. The zero-order valence-corrected chi connectivity index (χ0v) is 16.5. The average molecular weight is 402 g/mol. The second-order valence-electron chi connectivity index (χ2n) is 7.43. The average Bonchev–Trinajstić information content (AvgIpc) is 3.14. The summed E-state index contributed by atoms with van der Waals surface area (Å²) in [6.07, 6.45) is 5.64. The third-order valence-electron chi connectivity index (χ3n) is 5.64. The molecule has 28 heavy (non-hydrogen) atoms. The first-order chi connectivity index (χ1) is 13.6. The number of carbonyl (C=O) groups is 2. The second kappa shape index (κ2) is 8.35. The van der Waals surface area contributed by atoms with E-state index in [0.717, 1.165) is 24.8 Å². The van der Waals surface area contributed by atoms with E-state index in [9.17, 15) is 9.59 Å². The minimum atomic E-state index is 0.0771. The van der Waals surface area contributed by atoms with Gasteiger partial charge in [0.25, 0.3) is 0 Å². The van der Waals surface area contributed by atoms with Crippen molar-refractivity contribution in [2.45, 2.75) is 32.1 Å². The zero-order chi connectivity index (χ0) is 19.5. The molecule has 1 aromatic carbocycles. The minimum Gasteiger partial charge on any atom is -0.441 e. The van der Waals surface area contributed by atoms with Gasteiger partial charge in [0.05, 0.1) is 11.2 Å². The molecule has 1 saturated carbocycles. The molecule has 0 atom stereocenters. The summed E-state index contributed by atoms with van der Waals surface area (Å²) in [5.74, 6) is 1.70. The number of piperazine rings is 1. The maximum absolute atomic E-state index is 12.5. The van der Waals surface area contributed by atoms with Gasteiger partial charge in [-0.25, -0.2) is 4.98 Å². The summed E-state index contributed by atoms with van der Waals surface area (Å²) in [4.78, 5) is 32.8. The molecule has 2 aliphatic rings. The maximum Gasteiger partial charge on any atom is 0.225 e. The number of aromatic nitrogens is 1. The van der Waals surface area contributed by atoms with Crippen molar-refractivity contribution in [1.82, 2.24) is 14.8 Å². The largest absolute Gasteiger partial charge is 0.441 e.